The summed E-state index contributed by atoms with van der Waals surface area (Å²) in [4.78, 5) is 14.5. The number of nitrogens with zero attached hydrogens (tertiary/aromatic N) is 2. The van der Waals surface area contributed by atoms with E-state index < -0.39 is 17.6 Å². The van der Waals surface area contributed by atoms with Gasteiger partial charge in [0, 0.05) is 25.2 Å². The number of pyridine rings is 1. The van der Waals surface area contributed by atoms with E-state index in [1.807, 2.05) is 17.0 Å². The number of carbonyl (C=O) groups is 1. The Bertz CT molecular complexity index is 890. The molecular weight excluding hydrogens is 431 g/mol. The van der Waals surface area contributed by atoms with Crippen molar-refractivity contribution in [3.05, 3.63) is 53.9 Å². The molecule has 0 bridgehead atoms. The highest BCUT2D eigenvalue weighted by molar-refractivity contribution is 5.93. The number of ether oxygens (including phenoxy) is 1. The van der Waals surface area contributed by atoms with E-state index in [9.17, 15) is 18.0 Å². The molecule has 1 aromatic heterocycles. The monoisotopic (exact) mass is 457 g/mol. The van der Waals surface area contributed by atoms with Crippen molar-refractivity contribution < 1.29 is 39.7 Å². The first-order valence-electron chi connectivity index (χ1n) is 9.87. The maximum atomic E-state index is 13.2. The third-order valence-corrected chi connectivity index (χ3v) is 5.03. The summed E-state index contributed by atoms with van der Waals surface area (Å²) in [6, 6.07) is 7.33. The average Bonchev–Trinajstić information content (AvgIpc) is 2.67. The second-order valence-corrected chi connectivity index (χ2v) is 8.39. The maximum absolute atomic E-state index is 13.2. The van der Waals surface area contributed by atoms with Crippen molar-refractivity contribution in [2.24, 2.45) is 0 Å². The average molecular weight is 458 g/mol. The van der Waals surface area contributed by atoms with Gasteiger partial charge in [-0.2, -0.15) is 17.7 Å². The van der Waals surface area contributed by atoms with Crippen molar-refractivity contribution in [1.82, 2.24) is 0 Å². The molecule has 1 aliphatic heterocycles. The molecule has 2 heterocycles. The maximum Gasteiger partial charge on any atom is 0.416 e. The molecule has 9 heteroatoms. The molecule has 5 nitrogen and oxygen atoms in total. The minimum atomic E-state index is -4.49. The number of morpholine rings is 1. The number of benzene rings is 1. The summed E-state index contributed by atoms with van der Waals surface area (Å²) in [6.07, 6.45) is -0.884. The van der Waals surface area contributed by atoms with E-state index in [0.29, 0.717) is 32.0 Å². The van der Waals surface area contributed by atoms with Crippen molar-refractivity contribution in [3.63, 3.8) is 0 Å². The number of carbonyl (C=O) groups excluding carboxylic acids is 1. The third kappa shape index (κ3) is 6.58. The Balaban J connectivity index is 0.00000341. The minimum absolute atomic E-state index is 0. The van der Waals surface area contributed by atoms with Crippen LogP contribution in [0.4, 0.5) is 24.5 Å². The zero-order valence-electron chi connectivity index (χ0n) is 17.8. The molecule has 1 fully saturated rings. The van der Waals surface area contributed by atoms with Crippen LogP contribution >= 0.6 is 0 Å². The third-order valence-electron chi connectivity index (χ3n) is 5.03. The highest BCUT2D eigenvalue weighted by Gasteiger charge is 2.32. The number of aromatic nitrogens is 1. The van der Waals surface area contributed by atoms with Gasteiger partial charge in [0.15, 0.2) is 12.4 Å². The zero-order chi connectivity index (χ0) is 21.9. The number of rotatable bonds is 4. The number of nitrogens with one attached hydrogen (secondary N) is 1. The van der Waals surface area contributed by atoms with Crippen molar-refractivity contribution >= 4 is 17.3 Å². The summed E-state index contributed by atoms with van der Waals surface area (Å²) in [5, 5.41) is 2.67. The lowest BCUT2D eigenvalue weighted by Crippen LogP contribution is -3.00. The Morgan fingerprint density at radius 2 is 1.68 bits per heavy atom. The molecule has 2 aromatic rings. The number of anilines is 2. The van der Waals surface area contributed by atoms with Gasteiger partial charge in [0.05, 0.1) is 30.2 Å². The normalized spacial score (nSPS) is 14.7. The number of hydrogen-bond donors (Lipinski definition) is 1. The lowest BCUT2D eigenvalue weighted by Gasteiger charge is -2.30. The highest BCUT2D eigenvalue weighted by Crippen LogP contribution is 2.35. The van der Waals surface area contributed by atoms with E-state index in [-0.39, 0.29) is 30.1 Å². The van der Waals surface area contributed by atoms with Crippen molar-refractivity contribution in [3.8, 4) is 0 Å². The van der Waals surface area contributed by atoms with E-state index in [4.69, 9.17) is 4.74 Å². The molecule has 1 aromatic carbocycles. The summed E-state index contributed by atoms with van der Waals surface area (Å²) in [6.45, 7) is 8.38. The predicted molar refractivity (Wildman–Crippen MR) is 108 cm³/mol. The Labute approximate surface area is 186 Å². The molecule has 3 rings (SSSR count). The van der Waals surface area contributed by atoms with E-state index in [1.54, 1.807) is 17.0 Å². The quantitative estimate of drug-likeness (QED) is 0.690. The van der Waals surface area contributed by atoms with Crippen LogP contribution in [0.15, 0.2) is 42.7 Å². The number of halogens is 4. The topological polar surface area (TPSA) is 45.5 Å². The molecule has 0 unspecified atom stereocenters. The molecule has 1 N–H and O–H groups in total. The summed E-state index contributed by atoms with van der Waals surface area (Å²) < 4.78 is 46.7. The number of hydrogen-bond acceptors (Lipinski definition) is 3. The van der Waals surface area contributed by atoms with Gasteiger partial charge in [0.1, 0.15) is 0 Å². The number of amides is 1. The van der Waals surface area contributed by atoms with Gasteiger partial charge in [-0.3, -0.25) is 4.79 Å². The van der Waals surface area contributed by atoms with Gasteiger partial charge in [-0.1, -0.05) is 20.8 Å². The van der Waals surface area contributed by atoms with Crippen LogP contribution in [0.1, 0.15) is 31.9 Å². The highest BCUT2D eigenvalue weighted by atomic mass is 35.5. The van der Waals surface area contributed by atoms with Crippen molar-refractivity contribution in [1.29, 1.82) is 0 Å². The smallest absolute Gasteiger partial charge is 0.416 e. The van der Waals surface area contributed by atoms with Crippen LogP contribution in [0, 0.1) is 0 Å². The SMILES string of the molecule is CC(C)(C)c1cc[n+](CC(=O)Nc2cc(C(F)(F)F)ccc2N2CCOCC2)cc1.[Cl-]. The molecule has 0 saturated carbocycles. The molecule has 1 amide bonds. The summed E-state index contributed by atoms with van der Waals surface area (Å²) in [5.74, 6) is -0.391. The van der Waals surface area contributed by atoms with Crippen LogP contribution in [0.2, 0.25) is 0 Å². The summed E-state index contributed by atoms with van der Waals surface area (Å²) >= 11 is 0. The minimum Gasteiger partial charge on any atom is -1.00 e. The predicted octanol–water partition coefficient (Wildman–Crippen LogP) is 0.770. The van der Waals surface area contributed by atoms with Gasteiger partial charge in [-0.15, -0.1) is 0 Å². The first-order valence-corrected chi connectivity index (χ1v) is 9.87. The Morgan fingerprint density at radius 3 is 2.23 bits per heavy atom. The second kappa shape index (κ2) is 9.87. The first-order chi connectivity index (χ1) is 14.0. The Morgan fingerprint density at radius 1 is 1.06 bits per heavy atom. The lowest BCUT2D eigenvalue weighted by atomic mass is 9.88. The molecule has 0 atom stereocenters. The van der Waals surface area contributed by atoms with Crippen molar-refractivity contribution in [2.45, 2.75) is 38.9 Å². The van der Waals surface area contributed by atoms with Gasteiger partial charge in [-0.05, 0) is 29.2 Å². The fraction of sp³-hybridized carbons (Fsp3) is 0.455. The van der Waals surface area contributed by atoms with Crippen LogP contribution < -0.4 is 27.2 Å². The fourth-order valence-corrected chi connectivity index (χ4v) is 3.31. The molecule has 1 saturated heterocycles. The van der Waals surface area contributed by atoms with Gasteiger partial charge < -0.3 is 27.4 Å². The molecule has 31 heavy (non-hydrogen) atoms. The van der Waals surface area contributed by atoms with Crippen LogP contribution in [0.3, 0.4) is 0 Å². The Kier molecular flexibility index (Phi) is 7.94. The molecule has 0 spiro atoms. The molecule has 0 aliphatic carbocycles. The molecule has 170 valence electrons. The van der Waals surface area contributed by atoms with Gasteiger partial charge >= 0.3 is 6.18 Å². The largest absolute Gasteiger partial charge is 1.00 e. The van der Waals surface area contributed by atoms with Crippen LogP contribution in [-0.4, -0.2) is 32.2 Å². The Hall–Kier alpha value is -2.32. The summed E-state index contributed by atoms with van der Waals surface area (Å²) in [7, 11) is 0. The van der Waals surface area contributed by atoms with Crippen LogP contribution in [0.5, 0.6) is 0 Å². The van der Waals surface area contributed by atoms with Gasteiger partial charge in [0.25, 0.3) is 5.91 Å². The zero-order valence-corrected chi connectivity index (χ0v) is 18.6. The fourth-order valence-electron chi connectivity index (χ4n) is 3.31. The van der Waals surface area contributed by atoms with Crippen LogP contribution in [-0.2, 0) is 27.7 Å². The van der Waals surface area contributed by atoms with E-state index in [2.05, 4.69) is 26.1 Å². The lowest BCUT2D eigenvalue weighted by molar-refractivity contribution is -0.684. The van der Waals surface area contributed by atoms with E-state index >= 15 is 0 Å². The van der Waals surface area contributed by atoms with Gasteiger partial charge in [0.2, 0.25) is 6.54 Å². The summed E-state index contributed by atoms with van der Waals surface area (Å²) in [5.41, 5.74) is 1.05. The van der Waals surface area contributed by atoms with E-state index in [1.165, 1.54) is 6.07 Å². The van der Waals surface area contributed by atoms with E-state index in [0.717, 1.165) is 17.7 Å². The second-order valence-electron chi connectivity index (χ2n) is 8.39. The molecule has 0 radical (unpaired) electrons. The molecule has 1 aliphatic rings. The van der Waals surface area contributed by atoms with Gasteiger partial charge in [-0.25, -0.2) is 0 Å². The van der Waals surface area contributed by atoms with Crippen molar-refractivity contribution in [2.75, 3.05) is 36.5 Å². The molecular formula is C22H27ClF3N3O2. The first kappa shape index (κ1) is 24.9. The standard InChI is InChI=1S/C22H26F3N3O2.ClH/c1-21(2,3)16-6-8-27(9-7-16)15-20(29)26-18-14-17(22(23,24)25)4-5-19(18)28-10-12-30-13-11-28;/h4-9,14H,10-13,15H2,1-3H3;1H. The number of alkyl halides is 3. The van der Waals surface area contributed by atoms with Crippen LogP contribution in [0.25, 0.3) is 0 Å².